The van der Waals surface area contributed by atoms with Crippen LogP contribution in [0.1, 0.15) is 18.1 Å². The summed E-state index contributed by atoms with van der Waals surface area (Å²) in [6.07, 6.45) is 0. The molecule has 0 saturated heterocycles. The molecule has 22 heavy (non-hydrogen) atoms. The summed E-state index contributed by atoms with van der Waals surface area (Å²) in [4.78, 5) is 23.6. The molecule has 0 radical (unpaired) electrons. The van der Waals surface area contributed by atoms with E-state index in [-0.39, 0.29) is 0 Å². The smallest absolute Gasteiger partial charge is 0.313 e. The van der Waals surface area contributed by atoms with Crippen molar-refractivity contribution in [1.29, 1.82) is 0 Å². The van der Waals surface area contributed by atoms with Crippen LogP contribution in [0.5, 0.6) is 0 Å². The Labute approximate surface area is 133 Å². The second-order valence-corrected chi connectivity index (χ2v) is 5.39. The molecule has 0 fully saturated rings. The van der Waals surface area contributed by atoms with Crippen LogP contribution in [-0.4, -0.2) is 18.4 Å². The lowest BCUT2D eigenvalue weighted by Gasteiger charge is -2.08. The minimum Gasteiger partial charge on any atom is -0.377 e. The first kappa shape index (κ1) is 16.2. The van der Waals surface area contributed by atoms with E-state index < -0.39 is 11.8 Å². The van der Waals surface area contributed by atoms with Gasteiger partial charge in [0.25, 0.3) is 0 Å². The monoisotopic (exact) mass is 318 g/mol. The van der Waals surface area contributed by atoms with Gasteiger partial charge in [0, 0.05) is 18.8 Å². The van der Waals surface area contributed by atoms with Crippen LogP contribution < -0.4 is 10.6 Å². The molecule has 0 saturated carbocycles. The van der Waals surface area contributed by atoms with E-state index in [1.54, 1.807) is 23.5 Å². The summed E-state index contributed by atoms with van der Waals surface area (Å²) in [5.74, 6) is -1.33. The standard InChI is InChI=1S/C16H18N2O3S/c1-2-21-10-12-4-3-5-14(8-12)18-16(20)15(19)17-9-13-6-7-22-11-13/h3-8,11H,2,9-10H2,1H3,(H,17,19)(H,18,20). The summed E-state index contributed by atoms with van der Waals surface area (Å²) >= 11 is 1.55. The fourth-order valence-corrected chi connectivity index (χ4v) is 2.47. The average molecular weight is 318 g/mol. The van der Waals surface area contributed by atoms with Crippen LogP contribution >= 0.6 is 11.3 Å². The number of amides is 2. The molecule has 1 aromatic carbocycles. The van der Waals surface area contributed by atoms with Gasteiger partial charge < -0.3 is 15.4 Å². The molecule has 0 spiro atoms. The van der Waals surface area contributed by atoms with Crippen LogP contribution in [0.4, 0.5) is 5.69 Å². The molecule has 0 bridgehead atoms. The highest BCUT2D eigenvalue weighted by Crippen LogP contribution is 2.11. The molecular weight excluding hydrogens is 300 g/mol. The van der Waals surface area contributed by atoms with Gasteiger partial charge in [-0.2, -0.15) is 11.3 Å². The summed E-state index contributed by atoms with van der Waals surface area (Å²) in [5, 5.41) is 9.02. The normalized spacial score (nSPS) is 10.2. The Morgan fingerprint density at radius 1 is 1.18 bits per heavy atom. The van der Waals surface area contributed by atoms with Crippen molar-refractivity contribution in [3.8, 4) is 0 Å². The summed E-state index contributed by atoms with van der Waals surface area (Å²) in [6.45, 7) is 3.37. The van der Waals surface area contributed by atoms with Crippen LogP contribution in [0.3, 0.4) is 0 Å². The van der Waals surface area contributed by atoms with Gasteiger partial charge in [0.1, 0.15) is 0 Å². The Bertz CT molecular complexity index is 626. The second-order valence-electron chi connectivity index (χ2n) is 4.61. The Kier molecular flexibility index (Phi) is 6.12. The molecule has 2 aromatic rings. The zero-order chi connectivity index (χ0) is 15.8. The molecule has 0 aliphatic carbocycles. The highest BCUT2D eigenvalue weighted by Gasteiger charge is 2.13. The largest absolute Gasteiger partial charge is 0.377 e. The molecule has 0 atom stereocenters. The third-order valence-electron chi connectivity index (χ3n) is 2.90. The van der Waals surface area contributed by atoms with E-state index in [9.17, 15) is 9.59 Å². The molecule has 116 valence electrons. The van der Waals surface area contributed by atoms with Gasteiger partial charge in [0.2, 0.25) is 0 Å². The molecule has 2 N–H and O–H groups in total. The minimum absolute atomic E-state index is 0.347. The Hall–Kier alpha value is -2.18. The zero-order valence-corrected chi connectivity index (χ0v) is 13.1. The number of hydrogen-bond donors (Lipinski definition) is 2. The summed E-state index contributed by atoms with van der Waals surface area (Å²) in [6, 6.07) is 9.15. The van der Waals surface area contributed by atoms with Crippen LogP contribution in [0.25, 0.3) is 0 Å². The van der Waals surface area contributed by atoms with Crippen molar-refractivity contribution in [3.05, 3.63) is 52.2 Å². The quantitative estimate of drug-likeness (QED) is 0.804. The third kappa shape index (κ3) is 4.98. The fourth-order valence-electron chi connectivity index (χ4n) is 1.80. The predicted octanol–water partition coefficient (Wildman–Crippen LogP) is 2.54. The summed E-state index contributed by atoms with van der Waals surface area (Å²) < 4.78 is 5.32. The van der Waals surface area contributed by atoms with Crippen molar-refractivity contribution >= 4 is 28.8 Å². The van der Waals surface area contributed by atoms with E-state index in [0.29, 0.717) is 25.4 Å². The van der Waals surface area contributed by atoms with E-state index in [1.165, 1.54) is 0 Å². The molecule has 6 heteroatoms. The van der Waals surface area contributed by atoms with Gasteiger partial charge in [-0.3, -0.25) is 9.59 Å². The number of ether oxygens (including phenoxy) is 1. The molecule has 0 unspecified atom stereocenters. The summed E-state index contributed by atoms with van der Waals surface area (Å²) in [5.41, 5.74) is 2.50. The molecule has 1 heterocycles. The van der Waals surface area contributed by atoms with Gasteiger partial charge in [0.05, 0.1) is 6.61 Å². The first-order valence-corrected chi connectivity index (χ1v) is 7.90. The van der Waals surface area contributed by atoms with E-state index >= 15 is 0 Å². The second kappa shape index (κ2) is 8.31. The van der Waals surface area contributed by atoms with Gasteiger partial charge in [-0.15, -0.1) is 0 Å². The van der Waals surface area contributed by atoms with Crippen molar-refractivity contribution in [3.63, 3.8) is 0 Å². The van der Waals surface area contributed by atoms with Crippen LogP contribution in [0, 0.1) is 0 Å². The van der Waals surface area contributed by atoms with Crippen molar-refractivity contribution in [1.82, 2.24) is 5.32 Å². The molecule has 2 rings (SSSR count). The number of thiophene rings is 1. The lowest BCUT2D eigenvalue weighted by atomic mass is 10.2. The lowest BCUT2D eigenvalue weighted by Crippen LogP contribution is -2.34. The molecule has 5 nitrogen and oxygen atoms in total. The van der Waals surface area contributed by atoms with E-state index in [1.807, 2.05) is 35.9 Å². The molecule has 0 aliphatic rings. The van der Waals surface area contributed by atoms with Gasteiger partial charge in [-0.1, -0.05) is 12.1 Å². The first-order valence-electron chi connectivity index (χ1n) is 6.96. The molecule has 2 amide bonds. The number of anilines is 1. The Morgan fingerprint density at radius 2 is 2.05 bits per heavy atom. The minimum atomic E-state index is -0.677. The summed E-state index contributed by atoms with van der Waals surface area (Å²) in [7, 11) is 0. The van der Waals surface area contributed by atoms with Gasteiger partial charge >= 0.3 is 11.8 Å². The average Bonchev–Trinajstić information content (AvgIpc) is 3.04. The number of hydrogen-bond acceptors (Lipinski definition) is 4. The van der Waals surface area contributed by atoms with Gasteiger partial charge in [0.15, 0.2) is 0 Å². The van der Waals surface area contributed by atoms with E-state index in [2.05, 4.69) is 10.6 Å². The Morgan fingerprint density at radius 3 is 2.77 bits per heavy atom. The lowest BCUT2D eigenvalue weighted by molar-refractivity contribution is -0.136. The van der Waals surface area contributed by atoms with E-state index in [0.717, 1.165) is 11.1 Å². The van der Waals surface area contributed by atoms with Gasteiger partial charge in [-0.05, 0) is 47.0 Å². The highest BCUT2D eigenvalue weighted by molar-refractivity contribution is 7.07. The van der Waals surface area contributed by atoms with Gasteiger partial charge in [-0.25, -0.2) is 0 Å². The predicted molar refractivity (Wildman–Crippen MR) is 86.6 cm³/mol. The fraction of sp³-hybridized carbons (Fsp3) is 0.250. The van der Waals surface area contributed by atoms with Crippen LogP contribution in [0.2, 0.25) is 0 Å². The van der Waals surface area contributed by atoms with Crippen molar-refractivity contribution in [2.45, 2.75) is 20.1 Å². The van der Waals surface area contributed by atoms with Crippen molar-refractivity contribution < 1.29 is 14.3 Å². The number of carbonyl (C=O) groups is 2. The molecular formula is C16H18N2O3S. The number of nitrogens with one attached hydrogen (secondary N) is 2. The van der Waals surface area contributed by atoms with E-state index in [4.69, 9.17) is 4.74 Å². The topological polar surface area (TPSA) is 67.4 Å². The molecule has 1 aromatic heterocycles. The maximum atomic E-state index is 11.8. The first-order chi connectivity index (χ1) is 10.7. The maximum absolute atomic E-state index is 11.8. The highest BCUT2D eigenvalue weighted by atomic mass is 32.1. The van der Waals surface area contributed by atoms with Crippen LogP contribution in [0.15, 0.2) is 41.1 Å². The van der Waals surface area contributed by atoms with Crippen molar-refractivity contribution in [2.24, 2.45) is 0 Å². The zero-order valence-electron chi connectivity index (χ0n) is 12.3. The number of rotatable bonds is 6. The molecule has 0 aliphatic heterocycles. The Balaban J connectivity index is 1.86. The van der Waals surface area contributed by atoms with Crippen LogP contribution in [-0.2, 0) is 27.5 Å². The maximum Gasteiger partial charge on any atom is 0.313 e. The third-order valence-corrected chi connectivity index (χ3v) is 3.63. The van der Waals surface area contributed by atoms with Crippen molar-refractivity contribution in [2.75, 3.05) is 11.9 Å². The number of benzene rings is 1. The SMILES string of the molecule is CCOCc1cccc(NC(=O)C(=O)NCc2ccsc2)c1. The number of carbonyl (C=O) groups excluding carboxylic acids is 2.